The van der Waals surface area contributed by atoms with Gasteiger partial charge < -0.3 is 10.6 Å². The molecule has 0 aliphatic rings. The number of carbonyl (C=O) groups is 2. The van der Waals surface area contributed by atoms with Gasteiger partial charge in [0.15, 0.2) is 5.16 Å². The number of rotatable bonds is 7. The average Bonchev–Trinajstić information content (AvgIpc) is 2.97. The molecule has 6 nitrogen and oxygen atoms in total. The minimum atomic E-state index is -0.103. The zero-order valence-electron chi connectivity index (χ0n) is 14.1. The smallest absolute Gasteiger partial charge is 0.230 e. The third-order valence-electron chi connectivity index (χ3n) is 3.24. The van der Waals surface area contributed by atoms with Gasteiger partial charge in [0.25, 0.3) is 0 Å². The van der Waals surface area contributed by atoms with Crippen LogP contribution in [-0.4, -0.2) is 40.2 Å². The highest BCUT2D eigenvalue weighted by atomic mass is 32.2. The molecule has 2 amide bonds. The Hall–Kier alpha value is -2.28. The first kappa shape index (κ1) is 18.1. The fourth-order valence-electron chi connectivity index (χ4n) is 2.30. The number of nitrogens with one attached hydrogen (secondary N) is 2. The lowest BCUT2D eigenvalue weighted by Gasteiger charge is -2.10. The molecule has 2 aromatic rings. The topological polar surface area (TPSA) is 76.0 Å². The number of hydrogen-bond acceptors (Lipinski definition) is 4. The molecule has 0 aliphatic heterocycles. The SMILES string of the molecule is CC(=O)NCCNC(=O)CSc1nccn1-c1cc(C)cc(C)c1. The maximum atomic E-state index is 11.9. The summed E-state index contributed by atoms with van der Waals surface area (Å²) in [7, 11) is 0. The Bertz CT molecular complexity index is 707. The molecule has 1 heterocycles. The maximum Gasteiger partial charge on any atom is 0.230 e. The summed E-state index contributed by atoms with van der Waals surface area (Å²) in [5.41, 5.74) is 3.41. The Morgan fingerprint density at radius 1 is 1.12 bits per heavy atom. The van der Waals surface area contributed by atoms with E-state index >= 15 is 0 Å². The van der Waals surface area contributed by atoms with E-state index < -0.39 is 0 Å². The number of carbonyl (C=O) groups excluding carboxylic acids is 2. The fourth-order valence-corrected chi connectivity index (χ4v) is 3.11. The van der Waals surface area contributed by atoms with E-state index in [0.29, 0.717) is 13.1 Å². The molecule has 0 saturated heterocycles. The van der Waals surface area contributed by atoms with Crippen molar-refractivity contribution in [1.29, 1.82) is 0 Å². The van der Waals surface area contributed by atoms with Crippen LogP contribution in [0.1, 0.15) is 18.1 Å². The summed E-state index contributed by atoms with van der Waals surface area (Å²) in [5.74, 6) is 0.0939. The van der Waals surface area contributed by atoms with Crippen molar-refractivity contribution in [2.75, 3.05) is 18.8 Å². The third-order valence-corrected chi connectivity index (χ3v) is 4.21. The van der Waals surface area contributed by atoms with Crippen molar-refractivity contribution in [2.45, 2.75) is 25.9 Å². The van der Waals surface area contributed by atoms with Crippen LogP contribution in [0.25, 0.3) is 5.69 Å². The fraction of sp³-hybridized carbons (Fsp3) is 0.353. The van der Waals surface area contributed by atoms with Gasteiger partial charge in [-0.25, -0.2) is 4.98 Å². The molecule has 128 valence electrons. The van der Waals surface area contributed by atoms with Crippen molar-refractivity contribution in [3.63, 3.8) is 0 Å². The van der Waals surface area contributed by atoms with E-state index in [1.54, 1.807) is 6.20 Å². The Balaban J connectivity index is 1.91. The number of amides is 2. The summed E-state index contributed by atoms with van der Waals surface area (Å²) in [6.45, 7) is 6.42. The van der Waals surface area contributed by atoms with Gasteiger partial charge in [0, 0.05) is 38.1 Å². The van der Waals surface area contributed by atoms with Gasteiger partial charge in [-0.1, -0.05) is 17.8 Å². The molecule has 24 heavy (non-hydrogen) atoms. The minimum absolute atomic E-state index is 0.0830. The Kier molecular flexibility index (Phi) is 6.43. The van der Waals surface area contributed by atoms with Crippen molar-refractivity contribution in [3.05, 3.63) is 41.7 Å². The van der Waals surface area contributed by atoms with Crippen LogP contribution in [0.3, 0.4) is 0 Å². The maximum absolute atomic E-state index is 11.9. The van der Waals surface area contributed by atoms with E-state index in [-0.39, 0.29) is 17.6 Å². The lowest BCUT2D eigenvalue weighted by Crippen LogP contribution is -2.34. The van der Waals surface area contributed by atoms with Crippen molar-refractivity contribution in [2.24, 2.45) is 0 Å². The van der Waals surface area contributed by atoms with Crippen molar-refractivity contribution in [3.8, 4) is 5.69 Å². The summed E-state index contributed by atoms with van der Waals surface area (Å²) in [6.07, 6.45) is 3.62. The van der Waals surface area contributed by atoms with Gasteiger partial charge in [0.1, 0.15) is 0 Å². The standard InChI is InChI=1S/C17H22N4O2S/c1-12-8-13(2)10-15(9-12)21-7-6-20-17(21)24-11-16(23)19-5-4-18-14(3)22/h6-10H,4-5,11H2,1-3H3,(H,18,22)(H,19,23). The second-order valence-electron chi connectivity index (χ2n) is 5.55. The number of benzene rings is 1. The monoisotopic (exact) mass is 346 g/mol. The van der Waals surface area contributed by atoms with Crippen molar-refractivity contribution < 1.29 is 9.59 Å². The van der Waals surface area contributed by atoms with E-state index in [2.05, 4.69) is 47.7 Å². The van der Waals surface area contributed by atoms with E-state index in [0.717, 1.165) is 10.8 Å². The largest absolute Gasteiger partial charge is 0.355 e. The van der Waals surface area contributed by atoms with Gasteiger partial charge in [0.05, 0.1) is 5.75 Å². The molecule has 7 heteroatoms. The first-order valence-electron chi connectivity index (χ1n) is 7.71. The van der Waals surface area contributed by atoms with Gasteiger partial charge >= 0.3 is 0 Å². The Morgan fingerprint density at radius 2 is 1.79 bits per heavy atom. The second-order valence-corrected chi connectivity index (χ2v) is 6.49. The lowest BCUT2D eigenvalue weighted by molar-refractivity contribution is -0.120. The molecule has 0 unspecified atom stereocenters. The van der Waals surface area contributed by atoms with Crippen LogP contribution in [0.2, 0.25) is 0 Å². The molecule has 0 saturated carbocycles. The van der Waals surface area contributed by atoms with E-state index in [9.17, 15) is 9.59 Å². The number of thioether (sulfide) groups is 1. The predicted molar refractivity (Wildman–Crippen MR) is 95.5 cm³/mol. The molecule has 0 spiro atoms. The highest BCUT2D eigenvalue weighted by Crippen LogP contribution is 2.21. The Labute approximate surface area is 146 Å². The second kappa shape index (κ2) is 8.54. The summed E-state index contributed by atoms with van der Waals surface area (Å²) >= 11 is 1.39. The number of aromatic nitrogens is 2. The van der Waals surface area contributed by atoms with E-state index in [1.165, 1.54) is 29.8 Å². The zero-order valence-corrected chi connectivity index (χ0v) is 14.9. The van der Waals surface area contributed by atoms with Gasteiger partial charge in [-0.15, -0.1) is 0 Å². The van der Waals surface area contributed by atoms with Crippen LogP contribution in [0.4, 0.5) is 0 Å². The van der Waals surface area contributed by atoms with Crippen LogP contribution < -0.4 is 10.6 Å². The minimum Gasteiger partial charge on any atom is -0.355 e. The third kappa shape index (κ3) is 5.42. The molecule has 0 radical (unpaired) electrons. The van der Waals surface area contributed by atoms with Crippen LogP contribution in [0.15, 0.2) is 35.7 Å². The van der Waals surface area contributed by atoms with Gasteiger partial charge in [-0.2, -0.15) is 0 Å². The molecule has 0 fully saturated rings. The number of imidazole rings is 1. The molecule has 0 bridgehead atoms. The summed E-state index contributed by atoms with van der Waals surface area (Å²) < 4.78 is 1.98. The van der Waals surface area contributed by atoms with Gasteiger partial charge in [-0.05, 0) is 37.1 Å². The molecule has 1 aromatic heterocycles. The molecule has 2 rings (SSSR count). The van der Waals surface area contributed by atoms with Crippen LogP contribution >= 0.6 is 11.8 Å². The first-order chi connectivity index (χ1) is 11.5. The van der Waals surface area contributed by atoms with Crippen molar-refractivity contribution >= 4 is 23.6 Å². The molecule has 0 aliphatic carbocycles. The number of nitrogens with zero attached hydrogens (tertiary/aromatic N) is 2. The molecular weight excluding hydrogens is 324 g/mol. The van der Waals surface area contributed by atoms with Gasteiger partial charge in [0.2, 0.25) is 11.8 Å². The molecule has 2 N–H and O–H groups in total. The van der Waals surface area contributed by atoms with Gasteiger partial charge in [-0.3, -0.25) is 14.2 Å². The first-order valence-corrected chi connectivity index (χ1v) is 8.70. The lowest BCUT2D eigenvalue weighted by atomic mass is 10.1. The van der Waals surface area contributed by atoms with Crippen LogP contribution in [0, 0.1) is 13.8 Å². The highest BCUT2D eigenvalue weighted by molar-refractivity contribution is 7.99. The summed E-state index contributed by atoms with van der Waals surface area (Å²) in [4.78, 5) is 26.9. The normalized spacial score (nSPS) is 10.5. The van der Waals surface area contributed by atoms with Crippen LogP contribution in [0.5, 0.6) is 0 Å². The molecule has 1 aromatic carbocycles. The molecular formula is C17H22N4O2S. The number of aryl methyl sites for hydroxylation is 2. The number of hydrogen-bond donors (Lipinski definition) is 2. The average molecular weight is 346 g/mol. The van der Waals surface area contributed by atoms with E-state index in [1.807, 2.05) is 10.8 Å². The highest BCUT2D eigenvalue weighted by Gasteiger charge is 2.09. The summed E-state index contributed by atoms with van der Waals surface area (Å²) in [5, 5.41) is 6.18. The molecule has 0 atom stereocenters. The predicted octanol–water partition coefficient (Wildman–Crippen LogP) is 1.83. The van der Waals surface area contributed by atoms with Crippen LogP contribution in [-0.2, 0) is 9.59 Å². The zero-order chi connectivity index (χ0) is 17.5. The van der Waals surface area contributed by atoms with E-state index in [4.69, 9.17) is 0 Å². The van der Waals surface area contributed by atoms with Crippen molar-refractivity contribution in [1.82, 2.24) is 20.2 Å². The Morgan fingerprint density at radius 3 is 2.46 bits per heavy atom. The summed E-state index contributed by atoms with van der Waals surface area (Å²) in [6, 6.07) is 6.30. The quantitative estimate of drug-likeness (QED) is 0.592.